The molecular formula is C12H12ClIN2. The first-order valence-corrected chi connectivity index (χ1v) is 6.40. The van der Waals surface area contributed by atoms with Crippen molar-refractivity contribution >= 4 is 39.9 Å². The molecule has 4 heteroatoms. The van der Waals surface area contributed by atoms with Crippen molar-refractivity contribution in [2.75, 3.05) is 5.32 Å². The number of halogens is 2. The predicted molar refractivity (Wildman–Crippen MR) is 76.9 cm³/mol. The molecule has 0 spiro atoms. The van der Waals surface area contributed by atoms with E-state index in [4.69, 9.17) is 11.6 Å². The average Bonchev–Trinajstić information content (AvgIpc) is 2.63. The molecule has 0 aliphatic heterocycles. The minimum Gasteiger partial charge on any atom is -0.380 e. The molecule has 0 saturated heterocycles. The predicted octanol–water partition coefficient (Wildman–Crippen LogP) is 3.90. The topological polar surface area (TPSA) is 17.0 Å². The molecular weight excluding hydrogens is 335 g/mol. The first-order chi connectivity index (χ1) is 7.65. The molecule has 0 unspecified atom stereocenters. The number of anilines is 1. The maximum Gasteiger partial charge on any atom is 0.0479 e. The summed E-state index contributed by atoms with van der Waals surface area (Å²) in [6.45, 7) is 0.832. The van der Waals surface area contributed by atoms with Crippen LogP contribution in [0.2, 0.25) is 5.02 Å². The van der Waals surface area contributed by atoms with Gasteiger partial charge in [0.2, 0.25) is 0 Å². The number of aryl methyl sites for hydroxylation is 1. The normalized spacial score (nSPS) is 10.4. The molecule has 0 atom stereocenters. The molecule has 0 radical (unpaired) electrons. The Balaban J connectivity index is 2.04. The molecule has 0 bridgehead atoms. The summed E-state index contributed by atoms with van der Waals surface area (Å²) in [4.78, 5) is 0. The van der Waals surface area contributed by atoms with Gasteiger partial charge in [-0.05, 0) is 52.4 Å². The third kappa shape index (κ3) is 2.92. The van der Waals surface area contributed by atoms with Crippen molar-refractivity contribution in [3.8, 4) is 0 Å². The Hall–Kier alpha value is -0.680. The van der Waals surface area contributed by atoms with E-state index < -0.39 is 0 Å². The quantitative estimate of drug-likeness (QED) is 0.834. The zero-order valence-corrected chi connectivity index (χ0v) is 11.8. The third-order valence-corrected chi connectivity index (χ3v) is 3.43. The highest BCUT2D eigenvalue weighted by atomic mass is 127. The minimum atomic E-state index is 0.773. The summed E-state index contributed by atoms with van der Waals surface area (Å²) in [5.74, 6) is 0. The zero-order chi connectivity index (χ0) is 11.5. The number of rotatable bonds is 3. The van der Waals surface area contributed by atoms with Crippen LogP contribution in [-0.4, -0.2) is 4.57 Å². The number of nitrogens with zero attached hydrogens (tertiary/aromatic N) is 1. The van der Waals surface area contributed by atoms with Gasteiger partial charge in [0.15, 0.2) is 0 Å². The molecule has 0 aliphatic carbocycles. The molecule has 1 aromatic carbocycles. The van der Waals surface area contributed by atoms with Crippen molar-refractivity contribution < 1.29 is 0 Å². The lowest BCUT2D eigenvalue weighted by Crippen LogP contribution is -2.00. The number of benzene rings is 1. The first-order valence-electron chi connectivity index (χ1n) is 4.95. The molecule has 1 aromatic heterocycles. The van der Waals surface area contributed by atoms with Gasteiger partial charge in [0.1, 0.15) is 0 Å². The Morgan fingerprint density at radius 3 is 2.81 bits per heavy atom. The Bertz CT molecular complexity index is 494. The van der Waals surface area contributed by atoms with Crippen LogP contribution in [-0.2, 0) is 13.6 Å². The van der Waals surface area contributed by atoms with Crippen molar-refractivity contribution in [1.82, 2.24) is 4.57 Å². The second kappa shape index (κ2) is 5.10. The summed E-state index contributed by atoms with van der Waals surface area (Å²) in [5.41, 5.74) is 2.39. The smallest absolute Gasteiger partial charge is 0.0479 e. The fourth-order valence-electron chi connectivity index (χ4n) is 1.50. The van der Waals surface area contributed by atoms with Gasteiger partial charge in [-0.3, -0.25) is 0 Å². The number of hydrogen-bond donors (Lipinski definition) is 1. The Kier molecular flexibility index (Phi) is 3.76. The largest absolute Gasteiger partial charge is 0.380 e. The standard InChI is InChI=1S/C12H12ClIN2/c1-16-5-4-9(8-16)7-15-12-3-2-10(13)6-11(12)14/h2-6,8,15H,7H2,1H3. The van der Waals surface area contributed by atoms with E-state index in [1.54, 1.807) is 0 Å². The molecule has 2 rings (SSSR count). The molecule has 0 aliphatic rings. The molecule has 84 valence electrons. The molecule has 2 aromatic rings. The molecule has 0 amide bonds. The number of hydrogen-bond acceptors (Lipinski definition) is 1. The van der Waals surface area contributed by atoms with Crippen LogP contribution in [0.5, 0.6) is 0 Å². The van der Waals surface area contributed by atoms with Gasteiger partial charge in [-0.1, -0.05) is 11.6 Å². The molecule has 1 heterocycles. The lowest BCUT2D eigenvalue weighted by Gasteiger charge is -2.07. The van der Waals surface area contributed by atoms with Crippen molar-refractivity contribution in [3.05, 3.63) is 50.8 Å². The lowest BCUT2D eigenvalue weighted by molar-refractivity contribution is 0.920. The average molecular weight is 347 g/mol. The van der Waals surface area contributed by atoms with E-state index in [-0.39, 0.29) is 0 Å². The maximum absolute atomic E-state index is 5.90. The highest BCUT2D eigenvalue weighted by Crippen LogP contribution is 2.22. The summed E-state index contributed by atoms with van der Waals surface area (Å²) in [7, 11) is 2.02. The van der Waals surface area contributed by atoms with Crippen molar-refractivity contribution in [2.24, 2.45) is 7.05 Å². The van der Waals surface area contributed by atoms with Gasteiger partial charge in [-0.25, -0.2) is 0 Å². The molecule has 1 N–H and O–H groups in total. The van der Waals surface area contributed by atoms with Gasteiger partial charge in [0, 0.05) is 40.3 Å². The fraction of sp³-hybridized carbons (Fsp3) is 0.167. The van der Waals surface area contributed by atoms with E-state index in [2.05, 4.69) is 40.2 Å². The van der Waals surface area contributed by atoms with Gasteiger partial charge >= 0.3 is 0 Å². The summed E-state index contributed by atoms with van der Waals surface area (Å²) >= 11 is 8.18. The Morgan fingerprint density at radius 2 is 2.19 bits per heavy atom. The van der Waals surface area contributed by atoms with Crippen LogP contribution in [0.3, 0.4) is 0 Å². The van der Waals surface area contributed by atoms with E-state index in [0.29, 0.717) is 0 Å². The SMILES string of the molecule is Cn1ccc(CNc2ccc(Cl)cc2I)c1. The van der Waals surface area contributed by atoms with Crippen LogP contribution in [0.15, 0.2) is 36.7 Å². The van der Waals surface area contributed by atoms with E-state index in [9.17, 15) is 0 Å². The van der Waals surface area contributed by atoms with Gasteiger partial charge in [0.25, 0.3) is 0 Å². The summed E-state index contributed by atoms with van der Waals surface area (Å²) in [6.07, 6.45) is 4.15. The van der Waals surface area contributed by atoms with E-state index in [0.717, 1.165) is 20.8 Å². The van der Waals surface area contributed by atoms with E-state index in [1.807, 2.05) is 36.0 Å². The van der Waals surface area contributed by atoms with Crippen LogP contribution >= 0.6 is 34.2 Å². The monoisotopic (exact) mass is 346 g/mol. The Morgan fingerprint density at radius 1 is 1.38 bits per heavy atom. The van der Waals surface area contributed by atoms with Gasteiger partial charge in [0.05, 0.1) is 0 Å². The highest BCUT2D eigenvalue weighted by Gasteiger charge is 2.00. The molecule has 0 saturated carbocycles. The lowest BCUT2D eigenvalue weighted by atomic mass is 10.3. The zero-order valence-electron chi connectivity index (χ0n) is 8.87. The summed E-state index contributed by atoms with van der Waals surface area (Å²) in [6, 6.07) is 7.97. The van der Waals surface area contributed by atoms with Crippen LogP contribution in [0, 0.1) is 3.57 Å². The van der Waals surface area contributed by atoms with Crippen molar-refractivity contribution in [1.29, 1.82) is 0 Å². The van der Waals surface area contributed by atoms with E-state index >= 15 is 0 Å². The Labute approximate surface area is 114 Å². The van der Waals surface area contributed by atoms with Crippen LogP contribution in [0.25, 0.3) is 0 Å². The minimum absolute atomic E-state index is 0.773. The van der Waals surface area contributed by atoms with Crippen LogP contribution < -0.4 is 5.32 Å². The molecule has 16 heavy (non-hydrogen) atoms. The van der Waals surface area contributed by atoms with Crippen LogP contribution in [0.4, 0.5) is 5.69 Å². The van der Waals surface area contributed by atoms with Crippen LogP contribution in [0.1, 0.15) is 5.56 Å². The summed E-state index contributed by atoms with van der Waals surface area (Å²) < 4.78 is 3.19. The second-order valence-corrected chi connectivity index (χ2v) is 5.26. The maximum atomic E-state index is 5.90. The summed E-state index contributed by atoms with van der Waals surface area (Å²) in [5, 5.41) is 4.16. The highest BCUT2D eigenvalue weighted by molar-refractivity contribution is 14.1. The molecule has 0 fully saturated rings. The fourth-order valence-corrected chi connectivity index (χ4v) is 2.56. The van der Waals surface area contributed by atoms with Crippen molar-refractivity contribution in [2.45, 2.75) is 6.54 Å². The van der Waals surface area contributed by atoms with Crippen molar-refractivity contribution in [3.63, 3.8) is 0 Å². The number of aromatic nitrogens is 1. The van der Waals surface area contributed by atoms with Gasteiger partial charge in [-0.15, -0.1) is 0 Å². The van der Waals surface area contributed by atoms with E-state index in [1.165, 1.54) is 5.56 Å². The first kappa shape index (κ1) is 11.8. The van der Waals surface area contributed by atoms with Gasteiger partial charge in [-0.2, -0.15) is 0 Å². The second-order valence-electron chi connectivity index (χ2n) is 3.66. The number of nitrogens with one attached hydrogen (secondary N) is 1. The van der Waals surface area contributed by atoms with Gasteiger partial charge < -0.3 is 9.88 Å². The third-order valence-electron chi connectivity index (χ3n) is 2.31. The molecule has 2 nitrogen and oxygen atoms in total.